The van der Waals surface area contributed by atoms with Gasteiger partial charge < -0.3 is 14.0 Å². The number of hydrogen-bond acceptors (Lipinski definition) is 8. The first-order chi connectivity index (χ1) is 15.4. The molecule has 32 heavy (non-hydrogen) atoms. The third-order valence-corrected chi connectivity index (χ3v) is 5.58. The quantitative estimate of drug-likeness (QED) is 0.515. The number of aromatic nitrogens is 3. The number of anilines is 1. The number of nitrogens with one attached hydrogen (secondary N) is 1. The molecule has 0 fully saturated rings. The number of amides is 1. The summed E-state index contributed by atoms with van der Waals surface area (Å²) in [7, 11) is 0. The van der Waals surface area contributed by atoms with Gasteiger partial charge in [-0.05, 0) is 39.8 Å². The lowest BCUT2D eigenvalue weighted by atomic mass is 10.1. The molecule has 0 aliphatic heterocycles. The standard InChI is InChI=1S/C22H24N4O5S/c1-5-30-20(28)17-13(3)26(14(4)18(17)21(29)31-6-2)12-16-24-25-22(32-16)23-19(27)15-10-8-7-9-11-15/h7-11H,5-6,12H2,1-4H3,(H,23,25,27). The Balaban J connectivity index is 1.87. The molecule has 1 amide bonds. The summed E-state index contributed by atoms with van der Waals surface area (Å²) in [6.07, 6.45) is 0. The van der Waals surface area contributed by atoms with E-state index in [0.717, 1.165) is 0 Å². The van der Waals surface area contributed by atoms with E-state index in [4.69, 9.17) is 9.47 Å². The summed E-state index contributed by atoms with van der Waals surface area (Å²) in [5.41, 5.74) is 2.01. The molecule has 0 aliphatic carbocycles. The highest BCUT2D eigenvalue weighted by molar-refractivity contribution is 7.15. The Morgan fingerprint density at radius 1 is 0.938 bits per heavy atom. The molecule has 0 aliphatic rings. The molecule has 10 heteroatoms. The van der Waals surface area contributed by atoms with Crippen LogP contribution in [0, 0.1) is 13.8 Å². The van der Waals surface area contributed by atoms with E-state index in [0.29, 0.717) is 27.1 Å². The van der Waals surface area contributed by atoms with Crippen LogP contribution in [0.2, 0.25) is 0 Å². The highest BCUT2D eigenvalue weighted by Gasteiger charge is 2.29. The number of benzene rings is 1. The summed E-state index contributed by atoms with van der Waals surface area (Å²) in [5.74, 6) is -1.44. The SMILES string of the molecule is CCOC(=O)c1c(C(=O)OCC)c(C)n(Cc2nnc(NC(=O)c3ccccc3)s2)c1C. The molecule has 9 nitrogen and oxygen atoms in total. The summed E-state index contributed by atoms with van der Waals surface area (Å²) in [5, 5.41) is 11.9. The van der Waals surface area contributed by atoms with Gasteiger partial charge in [0.25, 0.3) is 5.91 Å². The van der Waals surface area contributed by atoms with Crippen molar-refractivity contribution in [2.24, 2.45) is 0 Å². The molecule has 1 aromatic carbocycles. The zero-order valence-electron chi connectivity index (χ0n) is 18.3. The zero-order chi connectivity index (χ0) is 23.3. The van der Waals surface area contributed by atoms with Crippen molar-refractivity contribution < 1.29 is 23.9 Å². The third-order valence-electron chi connectivity index (χ3n) is 4.76. The van der Waals surface area contributed by atoms with Crippen molar-refractivity contribution in [3.05, 3.63) is 63.4 Å². The molecule has 2 aromatic heterocycles. The second kappa shape index (κ2) is 10.2. The Hall–Kier alpha value is -3.53. The van der Waals surface area contributed by atoms with Crippen LogP contribution in [0.3, 0.4) is 0 Å². The van der Waals surface area contributed by atoms with Crippen molar-refractivity contribution in [2.75, 3.05) is 18.5 Å². The molecular weight excluding hydrogens is 432 g/mol. The zero-order valence-corrected chi connectivity index (χ0v) is 19.1. The number of rotatable bonds is 8. The van der Waals surface area contributed by atoms with E-state index in [9.17, 15) is 14.4 Å². The lowest BCUT2D eigenvalue weighted by Crippen LogP contribution is -2.13. The van der Waals surface area contributed by atoms with E-state index in [1.807, 2.05) is 6.07 Å². The summed E-state index contributed by atoms with van der Waals surface area (Å²) in [6, 6.07) is 8.80. The van der Waals surface area contributed by atoms with Crippen molar-refractivity contribution in [3.63, 3.8) is 0 Å². The van der Waals surface area contributed by atoms with Crippen molar-refractivity contribution in [2.45, 2.75) is 34.2 Å². The second-order valence-electron chi connectivity index (χ2n) is 6.77. The highest BCUT2D eigenvalue weighted by Crippen LogP contribution is 2.27. The Morgan fingerprint density at radius 2 is 1.50 bits per heavy atom. The van der Waals surface area contributed by atoms with Crippen LogP contribution < -0.4 is 5.32 Å². The predicted molar refractivity (Wildman–Crippen MR) is 119 cm³/mol. The Labute approximate surface area is 189 Å². The Bertz CT molecular complexity index is 1100. The van der Waals surface area contributed by atoms with Gasteiger partial charge in [0.05, 0.1) is 30.9 Å². The summed E-state index contributed by atoms with van der Waals surface area (Å²) in [6.45, 7) is 7.52. The van der Waals surface area contributed by atoms with Crippen molar-refractivity contribution in [1.82, 2.24) is 14.8 Å². The van der Waals surface area contributed by atoms with Gasteiger partial charge in [-0.3, -0.25) is 10.1 Å². The molecule has 3 rings (SSSR count). The topological polar surface area (TPSA) is 112 Å². The fourth-order valence-electron chi connectivity index (χ4n) is 3.29. The first-order valence-corrected chi connectivity index (χ1v) is 10.9. The van der Waals surface area contributed by atoms with E-state index in [-0.39, 0.29) is 36.8 Å². The first kappa shape index (κ1) is 23.1. The number of carbonyl (C=O) groups excluding carboxylic acids is 3. The van der Waals surface area contributed by atoms with Gasteiger partial charge in [-0.1, -0.05) is 29.5 Å². The molecule has 168 valence electrons. The minimum atomic E-state index is -0.581. The molecule has 0 bridgehead atoms. The number of carbonyl (C=O) groups is 3. The lowest BCUT2D eigenvalue weighted by Gasteiger charge is -2.07. The van der Waals surface area contributed by atoms with E-state index in [1.165, 1.54) is 11.3 Å². The largest absolute Gasteiger partial charge is 0.462 e. The van der Waals surface area contributed by atoms with E-state index < -0.39 is 11.9 Å². The van der Waals surface area contributed by atoms with Crippen LogP contribution in [0.5, 0.6) is 0 Å². The van der Waals surface area contributed by atoms with Gasteiger partial charge in [0.15, 0.2) is 0 Å². The van der Waals surface area contributed by atoms with Gasteiger partial charge >= 0.3 is 11.9 Å². The third kappa shape index (κ3) is 4.86. The number of esters is 2. The molecule has 0 saturated heterocycles. The van der Waals surface area contributed by atoms with Gasteiger partial charge in [-0.25, -0.2) is 9.59 Å². The van der Waals surface area contributed by atoms with Crippen LogP contribution in [-0.4, -0.2) is 45.8 Å². The number of ether oxygens (including phenoxy) is 2. The number of nitrogens with zero attached hydrogens (tertiary/aromatic N) is 3. The Kier molecular flexibility index (Phi) is 7.37. The van der Waals surface area contributed by atoms with Crippen LogP contribution in [0.1, 0.15) is 61.3 Å². The van der Waals surface area contributed by atoms with Gasteiger partial charge in [0.2, 0.25) is 5.13 Å². The summed E-state index contributed by atoms with van der Waals surface area (Å²) < 4.78 is 12.1. The fourth-order valence-corrected chi connectivity index (χ4v) is 4.01. The monoisotopic (exact) mass is 456 g/mol. The van der Waals surface area contributed by atoms with Gasteiger partial charge in [-0.15, -0.1) is 10.2 Å². The van der Waals surface area contributed by atoms with Crippen LogP contribution >= 0.6 is 11.3 Å². The predicted octanol–water partition coefficient (Wildman–Crippen LogP) is 3.61. The molecule has 1 N–H and O–H groups in total. The minimum Gasteiger partial charge on any atom is -0.462 e. The highest BCUT2D eigenvalue weighted by atomic mass is 32.1. The van der Waals surface area contributed by atoms with E-state index in [1.54, 1.807) is 56.5 Å². The minimum absolute atomic E-state index is 0.185. The van der Waals surface area contributed by atoms with Crippen LogP contribution in [0.25, 0.3) is 0 Å². The lowest BCUT2D eigenvalue weighted by molar-refractivity contribution is 0.0479. The average Bonchev–Trinajstić information content (AvgIpc) is 3.32. The molecule has 3 aromatic rings. The van der Waals surface area contributed by atoms with Gasteiger partial charge in [0.1, 0.15) is 5.01 Å². The Morgan fingerprint density at radius 3 is 2.03 bits per heavy atom. The van der Waals surface area contributed by atoms with Crippen LogP contribution in [-0.2, 0) is 16.0 Å². The molecule has 0 unspecified atom stereocenters. The van der Waals surface area contributed by atoms with Crippen molar-refractivity contribution in [1.29, 1.82) is 0 Å². The maximum atomic E-state index is 12.6. The maximum Gasteiger partial charge on any atom is 0.340 e. The normalized spacial score (nSPS) is 10.6. The smallest absolute Gasteiger partial charge is 0.340 e. The molecule has 2 heterocycles. The van der Waals surface area contributed by atoms with Crippen LogP contribution in [0.15, 0.2) is 30.3 Å². The van der Waals surface area contributed by atoms with Crippen molar-refractivity contribution in [3.8, 4) is 0 Å². The van der Waals surface area contributed by atoms with Gasteiger partial charge in [0, 0.05) is 17.0 Å². The van der Waals surface area contributed by atoms with Gasteiger partial charge in [-0.2, -0.15) is 0 Å². The van der Waals surface area contributed by atoms with Crippen LogP contribution in [0.4, 0.5) is 5.13 Å². The van der Waals surface area contributed by atoms with Crippen molar-refractivity contribution >= 4 is 34.3 Å². The van der Waals surface area contributed by atoms with E-state index >= 15 is 0 Å². The van der Waals surface area contributed by atoms with E-state index in [2.05, 4.69) is 15.5 Å². The molecule has 0 atom stereocenters. The summed E-state index contributed by atoms with van der Waals surface area (Å²) >= 11 is 1.21. The first-order valence-electron chi connectivity index (χ1n) is 10.1. The average molecular weight is 457 g/mol. The maximum absolute atomic E-state index is 12.6. The molecule has 0 radical (unpaired) electrons. The second-order valence-corrected chi connectivity index (χ2v) is 7.83. The molecular formula is C22H24N4O5S. The number of hydrogen-bond donors (Lipinski definition) is 1. The molecule has 0 spiro atoms. The summed E-state index contributed by atoms with van der Waals surface area (Å²) in [4.78, 5) is 37.4. The molecule has 0 saturated carbocycles. The fraction of sp³-hybridized carbons (Fsp3) is 0.318.